The van der Waals surface area contributed by atoms with Crippen LogP contribution in [0.25, 0.3) is 0 Å². The zero-order valence-corrected chi connectivity index (χ0v) is 14.8. The molecule has 6 heteroatoms. The van der Waals surface area contributed by atoms with E-state index < -0.39 is 6.10 Å². The molecular formula is C18H28O6. The van der Waals surface area contributed by atoms with Gasteiger partial charge in [-0.25, -0.2) is 0 Å². The molecule has 0 aliphatic heterocycles. The lowest BCUT2D eigenvalue weighted by Gasteiger charge is -2.25. The molecule has 0 radical (unpaired) electrons. The molecule has 136 valence electrons. The number of rotatable bonds is 3. The topological polar surface area (TPSA) is 86.7 Å². The SMILES string of the molecule is CC(=O)OC(C)C1CCCCC1=O.CC(=O)OC1CCCCC1=O. The van der Waals surface area contributed by atoms with Gasteiger partial charge in [0.1, 0.15) is 11.9 Å². The fourth-order valence-electron chi connectivity index (χ4n) is 3.13. The maximum Gasteiger partial charge on any atom is 0.303 e. The minimum atomic E-state index is -0.443. The van der Waals surface area contributed by atoms with Gasteiger partial charge < -0.3 is 9.47 Å². The van der Waals surface area contributed by atoms with Crippen LogP contribution in [0.4, 0.5) is 0 Å². The average molecular weight is 340 g/mol. The first-order valence-corrected chi connectivity index (χ1v) is 8.71. The van der Waals surface area contributed by atoms with Gasteiger partial charge in [-0.05, 0) is 39.0 Å². The standard InChI is InChI=1S/C10H16O3.C8H12O3/c1-7(13-8(2)11)9-5-3-4-6-10(9)12;1-6(9)11-8-5-3-2-4-7(8)10/h7,9H,3-6H2,1-2H3;8H,2-5H2,1H3. The molecule has 0 aromatic rings. The average Bonchev–Trinajstić information content (AvgIpc) is 2.49. The second kappa shape index (κ2) is 10.2. The van der Waals surface area contributed by atoms with Crippen molar-refractivity contribution in [2.45, 2.75) is 84.3 Å². The lowest BCUT2D eigenvalue weighted by Crippen LogP contribution is -2.31. The maximum atomic E-state index is 11.4. The summed E-state index contributed by atoms with van der Waals surface area (Å²) in [6, 6.07) is 0. The lowest BCUT2D eigenvalue weighted by molar-refractivity contribution is -0.154. The van der Waals surface area contributed by atoms with Crippen molar-refractivity contribution in [2.24, 2.45) is 5.92 Å². The van der Waals surface area contributed by atoms with Crippen LogP contribution in [-0.4, -0.2) is 35.7 Å². The van der Waals surface area contributed by atoms with Crippen LogP contribution in [0, 0.1) is 5.92 Å². The monoisotopic (exact) mass is 340 g/mol. The van der Waals surface area contributed by atoms with E-state index in [2.05, 4.69) is 0 Å². The minimum Gasteiger partial charge on any atom is -0.462 e. The van der Waals surface area contributed by atoms with E-state index in [1.165, 1.54) is 13.8 Å². The first kappa shape index (κ1) is 20.3. The Morgan fingerprint density at radius 3 is 2.00 bits per heavy atom. The first-order chi connectivity index (χ1) is 11.3. The zero-order chi connectivity index (χ0) is 18.1. The Kier molecular flexibility index (Phi) is 8.65. The van der Waals surface area contributed by atoms with Gasteiger partial charge in [0, 0.05) is 26.7 Å². The molecular weight excluding hydrogens is 312 g/mol. The Labute approximate surface area is 143 Å². The number of hydrogen-bond acceptors (Lipinski definition) is 6. The number of Topliss-reactive ketones (excluding diaryl/α,β-unsaturated/α-hetero) is 2. The van der Waals surface area contributed by atoms with Crippen molar-refractivity contribution in [3.8, 4) is 0 Å². The molecule has 0 aromatic heterocycles. The van der Waals surface area contributed by atoms with E-state index in [1.54, 1.807) is 6.92 Å². The van der Waals surface area contributed by atoms with Crippen LogP contribution >= 0.6 is 0 Å². The van der Waals surface area contributed by atoms with Gasteiger partial charge in [-0.1, -0.05) is 6.42 Å². The highest BCUT2D eigenvalue weighted by molar-refractivity contribution is 5.85. The van der Waals surface area contributed by atoms with Gasteiger partial charge in [0.2, 0.25) is 0 Å². The summed E-state index contributed by atoms with van der Waals surface area (Å²) in [5.74, 6) is -0.389. The second-order valence-corrected chi connectivity index (χ2v) is 6.44. The van der Waals surface area contributed by atoms with Crippen molar-refractivity contribution in [2.75, 3.05) is 0 Å². The maximum absolute atomic E-state index is 11.4. The molecule has 0 saturated heterocycles. The van der Waals surface area contributed by atoms with Crippen LogP contribution in [0.15, 0.2) is 0 Å². The van der Waals surface area contributed by atoms with E-state index in [4.69, 9.17) is 9.47 Å². The highest BCUT2D eigenvalue weighted by Crippen LogP contribution is 2.25. The molecule has 0 aromatic carbocycles. The fourth-order valence-corrected chi connectivity index (χ4v) is 3.13. The molecule has 0 spiro atoms. The number of carbonyl (C=O) groups excluding carboxylic acids is 4. The fraction of sp³-hybridized carbons (Fsp3) is 0.778. The quantitative estimate of drug-likeness (QED) is 0.734. The zero-order valence-electron chi connectivity index (χ0n) is 14.8. The van der Waals surface area contributed by atoms with Crippen LogP contribution < -0.4 is 0 Å². The molecule has 2 saturated carbocycles. The molecule has 2 aliphatic carbocycles. The number of esters is 2. The van der Waals surface area contributed by atoms with Gasteiger partial charge >= 0.3 is 11.9 Å². The largest absolute Gasteiger partial charge is 0.462 e. The normalized spacial score (nSPS) is 25.1. The molecule has 3 unspecified atom stereocenters. The Hall–Kier alpha value is -1.72. The smallest absolute Gasteiger partial charge is 0.303 e. The van der Waals surface area contributed by atoms with E-state index in [0.29, 0.717) is 19.3 Å². The predicted molar refractivity (Wildman–Crippen MR) is 87.2 cm³/mol. The summed E-state index contributed by atoms with van der Waals surface area (Å²) < 4.78 is 9.82. The third-order valence-corrected chi connectivity index (χ3v) is 4.33. The highest BCUT2D eigenvalue weighted by atomic mass is 16.5. The number of ketones is 2. The Morgan fingerprint density at radius 1 is 0.917 bits per heavy atom. The molecule has 0 amide bonds. The van der Waals surface area contributed by atoms with E-state index >= 15 is 0 Å². The summed E-state index contributed by atoms with van der Waals surface area (Å²) in [5.41, 5.74) is 0. The highest BCUT2D eigenvalue weighted by Gasteiger charge is 2.29. The summed E-state index contributed by atoms with van der Waals surface area (Å²) in [4.78, 5) is 43.6. The molecule has 2 rings (SSSR count). The van der Waals surface area contributed by atoms with Crippen molar-refractivity contribution in [3.63, 3.8) is 0 Å². The third kappa shape index (κ3) is 7.23. The molecule has 0 N–H and O–H groups in total. The van der Waals surface area contributed by atoms with Crippen LogP contribution in [0.2, 0.25) is 0 Å². The van der Waals surface area contributed by atoms with Gasteiger partial charge in [0.25, 0.3) is 0 Å². The minimum absolute atomic E-state index is 0.0577. The van der Waals surface area contributed by atoms with Crippen LogP contribution in [0.5, 0.6) is 0 Å². The van der Waals surface area contributed by atoms with E-state index in [9.17, 15) is 19.2 Å². The van der Waals surface area contributed by atoms with Gasteiger partial charge in [-0.15, -0.1) is 0 Å². The summed E-state index contributed by atoms with van der Waals surface area (Å²) >= 11 is 0. The Bertz CT molecular complexity index is 470. The number of carbonyl (C=O) groups is 4. The third-order valence-electron chi connectivity index (χ3n) is 4.33. The predicted octanol–water partition coefficient (Wildman–Crippen LogP) is 2.76. The van der Waals surface area contributed by atoms with Crippen molar-refractivity contribution in [3.05, 3.63) is 0 Å². The van der Waals surface area contributed by atoms with Crippen molar-refractivity contribution in [1.29, 1.82) is 0 Å². The molecule has 0 heterocycles. The van der Waals surface area contributed by atoms with Gasteiger partial charge in [0.05, 0.1) is 5.92 Å². The molecule has 2 fully saturated rings. The first-order valence-electron chi connectivity index (χ1n) is 8.71. The van der Waals surface area contributed by atoms with Gasteiger partial charge in [0.15, 0.2) is 11.9 Å². The van der Waals surface area contributed by atoms with Crippen LogP contribution in [0.1, 0.15) is 72.1 Å². The second-order valence-electron chi connectivity index (χ2n) is 6.44. The number of hydrogen-bond donors (Lipinski definition) is 0. The van der Waals surface area contributed by atoms with E-state index in [0.717, 1.165) is 32.1 Å². The molecule has 0 bridgehead atoms. The summed E-state index contributed by atoms with van der Waals surface area (Å²) in [5, 5.41) is 0. The number of ether oxygens (including phenoxy) is 2. The van der Waals surface area contributed by atoms with Crippen molar-refractivity contribution < 1.29 is 28.7 Å². The lowest BCUT2D eigenvalue weighted by atomic mass is 9.84. The summed E-state index contributed by atoms with van der Waals surface area (Å²) in [6.07, 6.45) is 6.09. The molecule has 24 heavy (non-hydrogen) atoms. The van der Waals surface area contributed by atoms with Crippen LogP contribution in [-0.2, 0) is 28.7 Å². The van der Waals surface area contributed by atoms with E-state index in [-0.39, 0.29) is 35.5 Å². The van der Waals surface area contributed by atoms with Gasteiger partial charge in [-0.3, -0.25) is 19.2 Å². The molecule has 2 aliphatic rings. The van der Waals surface area contributed by atoms with Crippen LogP contribution in [0.3, 0.4) is 0 Å². The van der Waals surface area contributed by atoms with E-state index in [1.807, 2.05) is 0 Å². The molecule has 3 atom stereocenters. The summed E-state index contributed by atoms with van der Waals surface area (Å²) in [6.45, 7) is 4.51. The Balaban J connectivity index is 0.000000243. The summed E-state index contributed by atoms with van der Waals surface area (Å²) in [7, 11) is 0. The van der Waals surface area contributed by atoms with Crippen molar-refractivity contribution >= 4 is 23.5 Å². The Morgan fingerprint density at radius 2 is 1.50 bits per heavy atom. The van der Waals surface area contributed by atoms with Gasteiger partial charge in [-0.2, -0.15) is 0 Å². The molecule has 6 nitrogen and oxygen atoms in total. The van der Waals surface area contributed by atoms with Crippen molar-refractivity contribution in [1.82, 2.24) is 0 Å².